The van der Waals surface area contributed by atoms with Crippen molar-refractivity contribution in [3.8, 4) is 0 Å². The van der Waals surface area contributed by atoms with Gasteiger partial charge < -0.3 is 0 Å². The first-order chi connectivity index (χ1) is 15.9. The molecule has 3 aromatic carbocycles. The van der Waals surface area contributed by atoms with Crippen LogP contribution in [0.3, 0.4) is 0 Å². The van der Waals surface area contributed by atoms with Gasteiger partial charge in [-0.05, 0) is 30.5 Å². The Morgan fingerprint density at radius 2 is 0.906 bits per heavy atom. The topological polar surface area (TPSA) is 0 Å². The fraction of sp³-hybridized carbons (Fsp3) is 0.419. The van der Waals surface area contributed by atoms with Crippen LogP contribution in [-0.4, -0.2) is 0 Å². The minimum absolute atomic E-state index is 0.427. The zero-order chi connectivity index (χ0) is 22.3. The standard InChI is InChI=1S/C31H41P/c1-2-3-4-5-6-7-8-9-10-20-27-31(28-21-14-11-15-22-28)32(29-23-16-12-17-24-29)30-25-18-13-19-26-30/h11-19,21-26,31H,2-10,20,27H2,1H3. The fourth-order valence-corrected chi connectivity index (χ4v) is 7.55. The number of hydrogen-bond acceptors (Lipinski definition) is 0. The second-order valence-electron chi connectivity index (χ2n) is 8.94. The van der Waals surface area contributed by atoms with Gasteiger partial charge in [0.1, 0.15) is 0 Å². The lowest BCUT2D eigenvalue weighted by atomic mass is 10.0. The zero-order valence-corrected chi connectivity index (χ0v) is 20.9. The summed E-state index contributed by atoms with van der Waals surface area (Å²) in [5, 5.41) is 2.99. The van der Waals surface area contributed by atoms with Crippen LogP contribution >= 0.6 is 7.92 Å². The zero-order valence-electron chi connectivity index (χ0n) is 20.0. The van der Waals surface area contributed by atoms with Gasteiger partial charge in [0.15, 0.2) is 0 Å². The third-order valence-electron chi connectivity index (χ3n) is 6.40. The Bertz CT molecular complexity index is 789. The van der Waals surface area contributed by atoms with Crippen LogP contribution in [0, 0.1) is 0 Å². The Hall–Kier alpha value is -1.91. The third kappa shape index (κ3) is 8.22. The van der Waals surface area contributed by atoms with Gasteiger partial charge in [-0.1, -0.05) is 162 Å². The quantitative estimate of drug-likeness (QED) is 0.162. The highest BCUT2D eigenvalue weighted by atomic mass is 31.1. The molecule has 0 spiro atoms. The molecular weight excluding hydrogens is 403 g/mol. The molecule has 0 radical (unpaired) electrons. The molecule has 170 valence electrons. The van der Waals surface area contributed by atoms with Crippen molar-refractivity contribution in [1.82, 2.24) is 0 Å². The molecule has 0 nitrogen and oxygen atoms in total. The van der Waals surface area contributed by atoms with Crippen LogP contribution in [0.2, 0.25) is 0 Å². The Morgan fingerprint density at radius 1 is 0.500 bits per heavy atom. The molecule has 0 fully saturated rings. The molecule has 3 rings (SSSR count). The summed E-state index contributed by atoms with van der Waals surface area (Å²) in [6, 6.07) is 33.7. The molecule has 0 aromatic heterocycles. The highest BCUT2D eigenvalue weighted by Crippen LogP contribution is 2.52. The third-order valence-corrected chi connectivity index (χ3v) is 9.28. The second-order valence-corrected chi connectivity index (χ2v) is 11.3. The van der Waals surface area contributed by atoms with Gasteiger partial charge in [-0.15, -0.1) is 0 Å². The predicted octanol–water partition coefficient (Wildman–Crippen LogP) is 9.17. The van der Waals surface area contributed by atoms with Gasteiger partial charge in [0.05, 0.1) is 0 Å². The maximum atomic E-state index is 2.35. The van der Waals surface area contributed by atoms with Crippen LogP contribution in [0.4, 0.5) is 0 Å². The Kier molecular flexibility index (Phi) is 11.6. The molecule has 0 bridgehead atoms. The van der Waals surface area contributed by atoms with E-state index in [1.165, 1.54) is 86.8 Å². The minimum atomic E-state index is -0.427. The average molecular weight is 445 g/mol. The van der Waals surface area contributed by atoms with E-state index >= 15 is 0 Å². The summed E-state index contributed by atoms with van der Waals surface area (Å²) in [4.78, 5) is 0. The fourth-order valence-electron chi connectivity index (χ4n) is 4.63. The second kappa shape index (κ2) is 15.0. The SMILES string of the molecule is CCCCCCCCCCCCC(c1ccccc1)P(c1ccccc1)c1ccccc1. The maximum absolute atomic E-state index is 2.35. The van der Waals surface area contributed by atoms with Crippen molar-refractivity contribution < 1.29 is 0 Å². The Balaban J connectivity index is 1.63. The lowest BCUT2D eigenvalue weighted by Gasteiger charge is -2.29. The van der Waals surface area contributed by atoms with Gasteiger partial charge in [0.25, 0.3) is 0 Å². The van der Waals surface area contributed by atoms with E-state index in [1.54, 1.807) is 0 Å². The first-order valence-electron chi connectivity index (χ1n) is 12.8. The highest BCUT2D eigenvalue weighted by molar-refractivity contribution is 7.73. The predicted molar refractivity (Wildman–Crippen MR) is 145 cm³/mol. The Labute approximate surface area is 198 Å². The lowest BCUT2D eigenvalue weighted by Crippen LogP contribution is -2.17. The van der Waals surface area contributed by atoms with E-state index < -0.39 is 7.92 Å². The molecule has 0 heterocycles. The van der Waals surface area contributed by atoms with Crippen LogP contribution in [0.5, 0.6) is 0 Å². The van der Waals surface area contributed by atoms with Crippen LogP contribution in [0.1, 0.15) is 88.8 Å². The Morgan fingerprint density at radius 3 is 1.38 bits per heavy atom. The molecule has 0 aliphatic rings. The molecule has 0 N–H and O–H groups in total. The van der Waals surface area contributed by atoms with Crippen LogP contribution in [0.15, 0.2) is 91.0 Å². The summed E-state index contributed by atoms with van der Waals surface area (Å²) in [7, 11) is -0.427. The molecule has 0 aliphatic heterocycles. The van der Waals surface area contributed by atoms with Gasteiger partial charge in [0.2, 0.25) is 0 Å². The molecule has 32 heavy (non-hydrogen) atoms. The van der Waals surface area contributed by atoms with Gasteiger partial charge >= 0.3 is 0 Å². The van der Waals surface area contributed by atoms with E-state index in [0.29, 0.717) is 5.66 Å². The number of benzene rings is 3. The van der Waals surface area contributed by atoms with Crippen LogP contribution < -0.4 is 10.6 Å². The summed E-state index contributed by atoms with van der Waals surface area (Å²) < 4.78 is 0. The maximum Gasteiger partial charge on any atom is 0.0122 e. The average Bonchev–Trinajstić information content (AvgIpc) is 2.86. The van der Waals surface area contributed by atoms with Gasteiger partial charge in [-0.3, -0.25) is 0 Å². The number of rotatable bonds is 15. The van der Waals surface area contributed by atoms with E-state index in [2.05, 4.69) is 97.9 Å². The monoisotopic (exact) mass is 444 g/mol. The van der Waals surface area contributed by atoms with E-state index in [1.807, 2.05) is 0 Å². The molecule has 0 saturated carbocycles. The van der Waals surface area contributed by atoms with Crippen molar-refractivity contribution in [2.75, 3.05) is 0 Å². The molecular formula is C31H41P. The summed E-state index contributed by atoms with van der Waals surface area (Å²) in [6.07, 6.45) is 15.2. The smallest absolute Gasteiger partial charge is 0.0122 e. The largest absolute Gasteiger partial charge is 0.0654 e. The summed E-state index contributed by atoms with van der Waals surface area (Å²) in [5.74, 6) is 0. The van der Waals surface area contributed by atoms with Gasteiger partial charge in [0, 0.05) is 5.66 Å². The minimum Gasteiger partial charge on any atom is -0.0654 e. The molecule has 1 unspecified atom stereocenters. The molecule has 0 saturated heterocycles. The van der Waals surface area contributed by atoms with Crippen LogP contribution in [0.25, 0.3) is 0 Å². The molecule has 3 aromatic rings. The van der Waals surface area contributed by atoms with Crippen molar-refractivity contribution in [3.05, 3.63) is 96.6 Å². The number of unbranched alkanes of at least 4 members (excludes halogenated alkanes) is 9. The first kappa shape index (κ1) is 24.7. The van der Waals surface area contributed by atoms with Crippen LogP contribution in [-0.2, 0) is 0 Å². The molecule has 1 atom stereocenters. The van der Waals surface area contributed by atoms with Crippen molar-refractivity contribution >= 4 is 18.5 Å². The first-order valence-corrected chi connectivity index (χ1v) is 14.3. The van der Waals surface area contributed by atoms with Crippen molar-refractivity contribution in [1.29, 1.82) is 0 Å². The lowest BCUT2D eigenvalue weighted by molar-refractivity contribution is 0.548. The van der Waals surface area contributed by atoms with Crippen molar-refractivity contribution in [3.63, 3.8) is 0 Å². The molecule has 0 amide bonds. The molecule has 1 heteroatoms. The van der Waals surface area contributed by atoms with Gasteiger partial charge in [-0.2, -0.15) is 0 Å². The summed E-state index contributed by atoms with van der Waals surface area (Å²) in [5.41, 5.74) is 2.08. The summed E-state index contributed by atoms with van der Waals surface area (Å²) in [6.45, 7) is 2.30. The van der Waals surface area contributed by atoms with Gasteiger partial charge in [-0.25, -0.2) is 0 Å². The normalized spacial score (nSPS) is 12.2. The summed E-state index contributed by atoms with van der Waals surface area (Å²) >= 11 is 0. The number of hydrogen-bond donors (Lipinski definition) is 0. The van der Waals surface area contributed by atoms with E-state index in [-0.39, 0.29) is 0 Å². The molecule has 0 aliphatic carbocycles. The van der Waals surface area contributed by atoms with E-state index in [4.69, 9.17) is 0 Å². The highest BCUT2D eigenvalue weighted by Gasteiger charge is 2.25. The van der Waals surface area contributed by atoms with E-state index in [9.17, 15) is 0 Å². The van der Waals surface area contributed by atoms with Crippen molar-refractivity contribution in [2.24, 2.45) is 0 Å². The van der Waals surface area contributed by atoms with Crippen molar-refractivity contribution in [2.45, 2.75) is 83.2 Å². The van der Waals surface area contributed by atoms with E-state index in [0.717, 1.165) is 0 Å².